The highest BCUT2D eigenvalue weighted by molar-refractivity contribution is 6.35. The predicted molar refractivity (Wildman–Crippen MR) is 153 cm³/mol. The van der Waals surface area contributed by atoms with Crippen LogP contribution < -0.4 is 15.6 Å². The van der Waals surface area contributed by atoms with Gasteiger partial charge in [0.2, 0.25) is 0 Å². The number of nitrogens with zero attached hydrogens (tertiary/aromatic N) is 4. The van der Waals surface area contributed by atoms with E-state index in [1.807, 2.05) is 23.9 Å². The molecule has 0 radical (unpaired) electrons. The van der Waals surface area contributed by atoms with Crippen LogP contribution in [0.25, 0.3) is 27.8 Å². The maximum absolute atomic E-state index is 15.0. The second-order valence-corrected chi connectivity index (χ2v) is 9.73. The zero-order valence-electron chi connectivity index (χ0n) is 20.7. The van der Waals surface area contributed by atoms with Crippen molar-refractivity contribution in [2.75, 3.05) is 5.32 Å². The number of halogens is 3. The van der Waals surface area contributed by atoms with Crippen LogP contribution in [0.1, 0.15) is 10.4 Å². The van der Waals surface area contributed by atoms with E-state index in [-0.39, 0.29) is 22.0 Å². The Morgan fingerprint density at radius 3 is 2.58 bits per heavy atom. The van der Waals surface area contributed by atoms with Gasteiger partial charge in [-0.2, -0.15) is 0 Å². The fourth-order valence-corrected chi connectivity index (χ4v) is 4.89. The largest absolute Gasteiger partial charge is 0.453 e. The molecule has 0 unspecified atom stereocenters. The van der Waals surface area contributed by atoms with Gasteiger partial charge in [0.05, 0.1) is 16.1 Å². The molecule has 4 heterocycles. The summed E-state index contributed by atoms with van der Waals surface area (Å²) >= 11 is 12.4. The average Bonchev–Trinajstić information content (AvgIpc) is 3.32. The van der Waals surface area contributed by atoms with Crippen molar-refractivity contribution in [1.82, 2.24) is 19.1 Å². The van der Waals surface area contributed by atoms with Gasteiger partial charge in [-0.05, 0) is 60.7 Å². The Kier molecular flexibility index (Phi) is 6.45. The molecular formula is C29H18Cl2FN5O3. The minimum atomic E-state index is -0.734. The van der Waals surface area contributed by atoms with Crippen molar-refractivity contribution in [2.45, 2.75) is 0 Å². The summed E-state index contributed by atoms with van der Waals surface area (Å²) in [5, 5.41) is 4.44. The lowest BCUT2D eigenvalue weighted by atomic mass is 10.1. The van der Waals surface area contributed by atoms with E-state index in [1.54, 1.807) is 36.5 Å². The van der Waals surface area contributed by atoms with Gasteiger partial charge in [0.15, 0.2) is 11.6 Å². The fourth-order valence-electron chi connectivity index (χ4n) is 4.40. The molecule has 198 valence electrons. The number of ether oxygens (including phenoxy) is 1. The molecule has 0 bridgehead atoms. The summed E-state index contributed by atoms with van der Waals surface area (Å²) in [5.74, 6) is -1.03. The first-order valence-corrected chi connectivity index (χ1v) is 12.7. The van der Waals surface area contributed by atoms with Gasteiger partial charge in [-0.15, -0.1) is 0 Å². The van der Waals surface area contributed by atoms with E-state index in [1.165, 1.54) is 35.0 Å². The molecule has 6 rings (SSSR count). The Morgan fingerprint density at radius 1 is 0.950 bits per heavy atom. The summed E-state index contributed by atoms with van der Waals surface area (Å²) < 4.78 is 23.9. The molecule has 11 heteroatoms. The highest BCUT2D eigenvalue weighted by Crippen LogP contribution is 2.32. The standard InChI is InChI=1S/C29H18Cl2FN5O3/c1-36-12-9-19-24(8-11-34-27(19)36)40-25-7-5-18(15-22(25)32)35-28(38)20-13-16-3-2-10-33-26(16)37(29(20)39)23-6-4-17(30)14-21(23)31/h2-15H,1H3,(H,35,38). The quantitative estimate of drug-likeness (QED) is 0.246. The Labute approximate surface area is 236 Å². The van der Waals surface area contributed by atoms with E-state index in [0.717, 1.165) is 11.5 Å². The number of carbonyl (C=O) groups excluding carboxylic acids is 1. The lowest BCUT2D eigenvalue weighted by molar-refractivity contribution is 0.102. The third-order valence-corrected chi connectivity index (χ3v) is 6.83. The molecule has 0 saturated carbocycles. The molecule has 0 aliphatic rings. The predicted octanol–water partition coefficient (Wildman–Crippen LogP) is 6.76. The maximum Gasteiger partial charge on any atom is 0.269 e. The van der Waals surface area contributed by atoms with Crippen LogP contribution in [0.4, 0.5) is 10.1 Å². The summed E-state index contributed by atoms with van der Waals surface area (Å²) in [5.41, 5.74) is 0.609. The number of aromatic nitrogens is 4. The zero-order chi connectivity index (χ0) is 28.0. The van der Waals surface area contributed by atoms with Gasteiger partial charge in [-0.1, -0.05) is 23.2 Å². The van der Waals surface area contributed by atoms with Crippen LogP contribution >= 0.6 is 23.2 Å². The molecule has 4 aromatic heterocycles. The first-order valence-electron chi connectivity index (χ1n) is 11.9. The van der Waals surface area contributed by atoms with Crippen LogP contribution in [-0.4, -0.2) is 25.0 Å². The number of amides is 1. The number of aryl methyl sites for hydroxylation is 1. The molecule has 8 nitrogen and oxygen atoms in total. The summed E-state index contributed by atoms with van der Waals surface area (Å²) in [6.45, 7) is 0. The van der Waals surface area contributed by atoms with Gasteiger partial charge in [0.25, 0.3) is 11.5 Å². The first-order chi connectivity index (χ1) is 19.3. The average molecular weight is 574 g/mol. The van der Waals surface area contributed by atoms with Gasteiger partial charge in [0, 0.05) is 47.8 Å². The van der Waals surface area contributed by atoms with Crippen LogP contribution in [-0.2, 0) is 7.05 Å². The van der Waals surface area contributed by atoms with E-state index in [2.05, 4.69) is 15.3 Å². The van der Waals surface area contributed by atoms with Crippen molar-refractivity contribution in [3.8, 4) is 17.2 Å². The van der Waals surface area contributed by atoms with E-state index < -0.39 is 17.3 Å². The molecule has 0 aliphatic heterocycles. The summed E-state index contributed by atoms with van der Waals surface area (Å²) in [7, 11) is 1.85. The van der Waals surface area contributed by atoms with Crippen LogP contribution in [0, 0.1) is 5.82 Å². The van der Waals surface area contributed by atoms with Crippen molar-refractivity contribution in [3.05, 3.63) is 117 Å². The van der Waals surface area contributed by atoms with Crippen molar-refractivity contribution >= 4 is 56.9 Å². The Bertz CT molecular complexity index is 2020. The molecule has 1 N–H and O–H groups in total. The van der Waals surface area contributed by atoms with Gasteiger partial charge in [0.1, 0.15) is 22.6 Å². The second kappa shape index (κ2) is 10.1. The Balaban J connectivity index is 1.33. The molecule has 2 aromatic carbocycles. The van der Waals surface area contributed by atoms with E-state index in [0.29, 0.717) is 33.1 Å². The third kappa shape index (κ3) is 4.55. The van der Waals surface area contributed by atoms with E-state index in [9.17, 15) is 9.59 Å². The van der Waals surface area contributed by atoms with Crippen molar-refractivity contribution in [2.24, 2.45) is 7.05 Å². The van der Waals surface area contributed by atoms with Gasteiger partial charge in [-0.25, -0.2) is 14.4 Å². The van der Waals surface area contributed by atoms with E-state index >= 15 is 4.39 Å². The summed E-state index contributed by atoms with van der Waals surface area (Å²) in [4.78, 5) is 35.4. The van der Waals surface area contributed by atoms with Crippen LogP contribution in [0.2, 0.25) is 10.0 Å². The molecule has 0 atom stereocenters. The Hall–Kier alpha value is -4.73. The summed E-state index contributed by atoms with van der Waals surface area (Å²) in [6.07, 6.45) is 4.94. The fraction of sp³-hybridized carbons (Fsp3) is 0.0345. The molecule has 1 amide bonds. The molecule has 40 heavy (non-hydrogen) atoms. The van der Waals surface area contributed by atoms with Crippen LogP contribution in [0.5, 0.6) is 11.5 Å². The number of carbonyl (C=O) groups is 1. The minimum absolute atomic E-state index is 0.0362. The highest BCUT2D eigenvalue weighted by atomic mass is 35.5. The first kappa shape index (κ1) is 25.5. The van der Waals surface area contributed by atoms with Gasteiger partial charge >= 0.3 is 0 Å². The lowest BCUT2D eigenvalue weighted by Gasteiger charge is -2.14. The topological polar surface area (TPSA) is 91.0 Å². The smallest absolute Gasteiger partial charge is 0.269 e. The number of nitrogens with one attached hydrogen (secondary N) is 1. The number of benzene rings is 2. The Morgan fingerprint density at radius 2 is 1.77 bits per heavy atom. The number of rotatable bonds is 5. The number of anilines is 1. The van der Waals surface area contributed by atoms with Crippen molar-refractivity contribution < 1.29 is 13.9 Å². The molecule has 0 fully saturated rings. The second-order valence-electron chi connectivity index (χ2n) is 8.88. The highest BCUT2D eigenvalue weighted by Gasteiger charge is 2.20. The van der Waals surface area contributed by atoms with Gasteiger partial charge in [-0.3, -0.25) is 14.2 Å². The van der Waals surface area contributed by atoms with E-state index in [4.69, 9.17) is 27.9 Å². The van der Waals surface area contributed by atoms with Crippen LogP contribution in [0.15, 0.2) is 90.1 Å². The molecule has 6 aromatic rings. The van der Waals surface area contributed by atoms with Crippen molar-refractivity contribution in [1.29, 1.82) is 0 Å². The summed E-state index contributed by atoms with van der Waals surface area (Å²) in [6, 6.07) is 16.9. The van der Waals surface area contributed by atoms with Crippen molar-refractivity contribution in [3.63, 3.8) is 0 Å². The number of fused-ring (bicyclic) bond motifs is 2. The SMILES string of the molecule is Cn1ccc2c(Oc3ccc(NC(=O)c4cc5cccnc5n(-c5ccc(Cl)cc5Cl)c4=O)cc3F)ccnc21. The minimum Gasteiger partial charge on any atom is -0.453 e. The maximum atomic E-state index is 15.0. The number of pyridine rings is 3. The van der Waals surface area contributed by atoms with Crippen LogP contribution in [0.3, 0.4) is 0 Å². The number of hydrogen-bond donors (Lipinski definition) is 1. The van der Waals surface area contributed by atoms with Gasteiger partial charge < -0.3 is 14.6 Å². The lowest BCUT2D eigenvalue weighted by Crippen LogP contribution is -2.29. The molecule has 0 aliphatic carbocycles. The monoisotopic (exact) mass is 573 g/mol. The molecular weight excluding hydrogens is 556 g/mol. The zero-order valence-corrected chi connectivity index (χ0v) is 22.2. The molecule has 0 spiro atoms. The molecule has 0 saturated heterocycles. The third-order valence-electron chi connectivity index (χ3n) is 6.29. The normalized spacial score (nSPS) is 11.2. The number of hydrogen-bond acceptors (Lipinski definition) is 5.